The van der Waals surface area contributed by atoms with Gasteiger partial charge in [-0.1, -0.05) is 6.07 Å². The van der Waals surface area contributed by atoms with Gasteiger partial charge in [0.05, 0.1) is 24.8 Å². The Morgan fingerprint density at radius 2 is 2.35 bits per heavy atom. The molecular formula is C15H18N2O3. The number of aryl methyl sites for hydroxylation is 1. The van der Waals surface area contributed by atoms with Crippen molar-refractivity contribution in [3.63, 3.8) is 0 Å². The molecule has 106 valence electrons. The van der Waals surface area contributed by atoms with Crippen LogP contribution in [0.3, 0.4) is 0 Å². The first-order chi connectivity index (χ1) is 9.55. The summed E-state index contributed by atoms with van der Waals surface area (Å²) >= 11 is 0. The van der Waals surface area contributed by atoms with Gasteiger partial charge in [0.15, 0.2) is 0 Å². The lowest BCUT2D eigenvalue weighted by Crippen LogP contribution is -2.36. The Balaban J connectivity index is 2.16. The summed E-state index contributed by atoms with van der Waals surface area (Å²) in [6, 6.07) is 7.20. The van der Waals surface area contributed by atoms with Crippen LogP contribution in [0.4, 0.5) is 0 Å². The first-order valence-electron chi connectivity index (χ1n) is 6.54. The minimum Gasteiger partial charge on any atom is -0.468 e. The van der Waals surface area contributed by atoms with E-state index >= 15 is 0 Å². The number of aliphatic hydroxyl groups is 1. The number of esters is 1. The summed E-state index contributed by atoms with van der Waals surface area (Å²) in [4.78, 5) is 13.6. The number of hydrogen-bond donors (Lipinski definition) is 1. The Labute approximate surface area is 118 Å². The van der Waals surface area contributed by atoms with Crippen LogP contribution in [0.1, 0.15) is 23.1 Å². The fourth-order valence-corrected chi connectivity index (χ4v) is 2.60. The molecule has 1 aliphatic heterocycles. The number of methoxy groups -OCH3 is 1. The van der Waals surface area contributed by atoms with E-state index in [0.717, 1.165) is 11.1 Å². The molecule has 2 rings (SSSR count). The Morgan fingerprint density at radius 1 is 1.60 bits per heavy atom. The number of nitrogens with zero attached hydrogens (tertiary/aromatic N) is 2. The summed E-state index contributed by atoms with van der Waals surface area (Å²) in [5.41, 5.74) is 2.68. The molecule has 5 heteroatoms. The van der Waals surface area contributed by atoms with Gasteiger partial charge in [0.25, 0.3) is 0 Å². The molecule has 20 heavy (non-hydrogen) atoms. The predicted molar refractivity (Wildman–Crippen MR) is 72.7 cm³/mol. The van der Waals surface area contributed by atoms with Crippen molar-refractivity contribution in [3.05, 3.63) is 34.9 Å². The molecule has 2 atom stereocenters. The van der Waals surface area contributed by atoms with Crippen LogP contribution in [0, 0.1) is 18.3 Å². The maximum Gasteiger partial charge on any atom is 0.323 e. The molecule has 0 amide bonds. The molecule has 1 aromatic rings. The molecule has 1 aromatic carbocycles. The molecule has 0 spiro atoms. The highest BCUT2D eigenvalue weighted by molar-refractivity contribution is 5.76. The summed E-state index contributed by atoms with van der Waals surface area (Å²) in [5.74, 6) is -0.312. The highest BCUT2D eigenvalue weighted by Crippen LogP contribution is 2.23. The van der Waals surface area contributed by atoms with Crippen molar-refractivity contribution in [2.24, 2.45) is 0 Å². The summed E-state index contributed by atoms with van der Waals surface area (Å²) in [7, 11) is 1.36. The van der Waals surface area contributed by atoms with Crippen LogP contribution in [-0.2, 0) is 16.1 Å². The number of likely N-dealkylation sites (tertiary alicyclic amines) is 1. The summed E-state index contributed by atoms with van der Waals surface area (Å²) in [6.07, 6.45) is -0.0973. The van der Waals surface area contributed by atoms with Gasteiger partial charge in [-0.25, -0.2) is 0 Å². The van der Waals surface area contributed by atoms with Gasteiger partial charge in [-0.3, -0.25) is 9.69 Å². The molecule has 1 aliphatic rings. The summed E-state index contributed by atoms with van der Waals surface area (Å²) in [5, 5.41) is 18.6. The minimum atomic E-state index is -0.502. The number of rotatable bonds is 3. The molecule has 1 saturated heterocycles. The normalized spacial score (nSPS) is 22.5. The Hall–Kier alpha value is -1.90. The van der Waals surface area contributed by atoms with Crippen LogP contribution in [0.2, 0.25) is 0 Å². The molecule has 0 saturated carbocycles. The Bertz CT molecular complexity index is 551. The quantitative estimate of drug-likeness (QED) is 0.832. The second-order valence-electron chi connectivity index (χ2n) is 5.11. The van der Waals surface area contributed by atoms with Crippen molar-refractivity contribution >= 4 is 5.97 Å². The molecular weight excluding hydrogens is 256 g/mol. The number of carbonyl (C=O) groups is 1. The average molecular weight is 274 g/mol. The number of carbonyl (C=O) groups excluding carboxylic acids is 1. The fourth-order valence-electron chi connectivity index (χ4n) is 2.60. The Morgan fingerprint density at radius 3 is 2.95 bits per heavy atom. The SMILES string of the molecule is COC(=O)C1CC(O)CN1Cc1ccc(C#N)cc1C. The smallest absolute Gasteiger partial charge is 0.323 e. The third kappa shape index (κ3) is 2.98. The van der Waals surface area contributed by atoms with E-state index in [9.17, 15) is 9.90 Å². The monoisotopic (exact) mass is 274 g/mol. The maximum atomic E-state index is 11.7. The summed E-state index contributed by atoms with van der Waals surface area (Å²) in [6.45, 7) is 2.96. The van der Waals surface area contributed by atoms with E-state index in [4.69, 9.17) is 10.00 Å². The number of hydrogen-bond acceptors (Lipinski definition) is 5. The number of nitriles is 1. The van der Waals surface area contributed by atoms with E-state index < -0.39 is 12.1 Å². The van der Waals surface area contributed by atoms with Crippen LogP contribution in [0.25, 0.3) is 0 Å². The molecule has 0 aromatic heterocycles. The Kier molecular flexibility index (Phi) is 4.38. The van der Waals surface area contributed by atoms with Crippen molar-refractivity contribution < 1.29 is 14.6 Å². The number of aliphatic hydroxyl groups excluding tert-OH is 1. The lowest BCUT2D eigenvalue weighted by Gasteiger charge is -2.22. The predicted octanol–water partition coefficient (Wildman–Crippen LogP) is 0.975. The van der Waals surface area contributed by atoms with Gasteiger partial charge < -0.3 is 9.84 Å². The minimum absolute atomic E-state index is 0.312. The van der Waals surface area contributed by atoms with E-state index in [1.807, 2.05) is 24.0 Å². The molecule has 0 bridgehead atoms. The third-order valence-electron chi connectivity index (χ3n) is 3.70. The van der Waals surface area contributed by atoms with Crippen molar-refractivity contribution in [2.45, 2.75) is 32.0 Å². The molecule has 1 heterocycles. The maximum absolute atomic E-state index is 11.7. The van der Waals surface area contributed by atoms with Gasteiger partial charge in [0, 0.05) is 19.5 Å². The van der Waals surface area contributed by atoms with Gasteiger partial charge in [0.1, 0.15) is 6.04 Å². The third-order valence-corrected chi connectivity index (χ3v) is 3.70. The van der Waals surface area contributed by atoms with E-state index in [2.05, 4.69) is 6.07 Å². The van der Waals surface area contributed by atoms with Crippen LogP contribution in [0.5, 0.6) is 0 Å². The van der Waals surface area contributed by atoms with Crippen molar-refractivity contribution in [1.29, 1.82) is 5.26 Å². The fraction of sp³-hybridized carbons (Fsp3) is 0.467. The molecule has 2 unspecified atom stereocenters. The lowest BCUT2D eigenvalue weighted by atomic mass is 10.0. The molecule has 0 radical (unpaired) electrons. The largest absolute Gasteiger partial charge is 0.468 e. The van der Waals surface area contributed by atoms with Gasteiger partial charge in [-0.15, -0.1) is 0 Å². The van der Waals surface area contributed by atoms with Gasteiger partial charge in [-0.2, -0.15) is 5.26 Å². The van der Waals surface area contributed by atoms with Crippen molar-refractivity contribution in [2.75, 3.05) is 13.7 Å². The van der Waals surface area contributed by atoms with Crippen molar-refractivity contribution in [1.82, 2.24) is 4.90 Å². The molecule has 0 aliphatic carbocycles. The number of ether oxygens (including phenoxy) is 1. The van der Waals surface area contributed by atoms with Gasteiger partial charge in [-0.05, 0) is 30.2 Å². The zero-order chi connectivity index (χ0) is 14.7. The first kappa shape index (κ1) is 14.5. The zero-order valence-corrected chi connectivity index (χ0v) is 11.7. The topological polar surface area (TPSA) is 73.6 Å². The van der Waals surface area contributed by atoms with Gasteiger partial charge >= 0.3 is 5.97 Å². The standard InChI is InChI=1S/C15H18N2O3/c1-10-5-11(7-16)3-4-12(10)8-17-9-13(18)6-14(17)15(19)20-2/h3-5,13-14,18H,6,8-9H2,1-2H3. The zero-order valence-electron chi connectivity index (χ0n) is 11.7. The van der Waals surface area contributed by atoms with Crippen molar-refractivity contribution in [3.8, 4) is 6.07 Å². The highest BCUT2D eigenvalue weighted by atomic mass is 16.5. The molecule has 5 nitrogen and oxygen atoms in total. The van der Waals surface area contributed by atoms with Crippen LogP contribution >= 0.6 is 0 Å². The van der Waals surface area contributed by atoms with E-state index in [1.165, 1.54) is 7.11 Å². The van der Waals surface area contributed by atoms with Gasteiger partial charge in [0.2, 0.25) is 0 Å². The molecule has 1 N–H and O–H groups in total. The summed E-state index contributed by atoms with van der Waals surface area (Å²) < 4.78 is 4.78. The second-order valence-corrected chi connectivity index (χ2v) is 5.11. The van der Waals surface area contributed by atoms with Crippen LogP contribution < -0.4 is 0 Å². The van der Waals surface area contributed by atoms with Crippen LogP contribution in [-0.4, -0.2) is 41.8 Å². The van der Waals surface area contributed by atoms with E-state index in [0.29, 0.717) is 25.1 Å². The number of benzene rings is 1. The second kappa shape index (κ2) is 6.04. The molecule has 1 fully saturated rings. The van der Waals surface area contributed by atoms with E-state index in [-0.39, 0.29) is 5.97 Å². The van der Waals surface area contributed by atoms with E-state index in [1.54, 1.807) is 6.07 Å². The average Bonchev–Trinajstić information content (AvgIpc) is 2.81. The first-order valence-corrected chi connectivity index (χ1v) is 6.54. The van der Waals surface area contributed by atoms with Crippen LogP contribution in [0.15, 0.2) is 18.2 Å². The highest BCUT2D eigenvalue weighted by Gasteiger charge is 2.36. The number of β-amino-alcohol motifs (C(OH)–C–C–N with tert-alkyl or cyclic N) is 1. The lowest BCUT2D eigenvalue weighted by molar-refractivity contribution is -0.146.